The molecule has 2 heteroatoms. The molecule has 1 aromatic carbocycles. The molecule has 14 heavy (non-hydrogen) atoms. The molecule has 0 bridgehead atoms. The molecule has 0 spiro atoms. The van der Waals surface area contributed by atoms with Crippen molar-refractivity contribution < 1.29 is 0 Å². The molecule has 0 saturated carbocycles. The highest BCUT2D eigenvalue weighted by Crippen LogP contribution is 2.28. The van der Waals surface area contributed by atoms with Crippen molar-refractivity contribution in [3.8, 4) is 6.07 Å². The van der Waals surface area contributed by atoms with Crippen LogP contribution in [0.4, 0.5) is 0 Å². The quantitative estimate of drug-likeness (QED) is 0.735. The van der Waals surface area contributed by atoms with E-state index in [1.165, 1.54) is 0 Å². The topological polar surface area (TPSA) is 23.8 Å². The summed E-state index contributed by atoms with van der Waals surface area (Å²) in [4.78, 5) is 0. The lowest BCUT2D eigenvalue weighted by atomic mass is 9.86. The first kappa shape index (κ1) is 11.1. The zero-order valence-corrected chi connectivity index (χ0v) is 9.25. The van der Waals surface area contributed by atoms with Crippen LogP contribution in [0, 0.1) is 17.2 Å². The first-order valence-corrected chi connectivity index (χ1v) is 5.15. The monoisotopic (exact) mass is 207 g/mol. The zero-order chi connectivity index (χ0) is 10.6. The summed E-state index contributed by atoms with van der Waals surface area (Å²) in [6.07, 6.45) is 0.554. The van der Waals surface area contributed by atoms with Crippen molar-refractivity contribution in [3.05, 3.63) is 34.9 Å². The molecule has 74 valence electrons. The van der Waals surface area contributed by atoms with Gasteiger partial charge in [-0.15, -0.1) is 0 Å². The smallest absolute Gasteiger partial charge is 0.0628 e. The van der Waals surface area contributed by atoms with E-state index in [0.717, 1.165) is 10.6 Å². The highest BCUT2D eigenvalue weighted by Gasteiger charge is 2.15. The van der Waals surface area contributed by atoms with Crippen molar-refractivity contribution >= 4 is 11.6 Å². The molecule has 0 N–H and O–H groups in total. The molecule has 0 aliphatic heterocycles. The molecule has 0 aliphatic carbocycles. The van der Waals surface area contributed by atoms with E-state index in [0.29, 0.717) is 18.3 Å². The summed E-state index contributed by atoms with van der Waals surface area (Å²) >= 11 is 5.91. The molecular weight excluding hydrogens is 194 g/mol. The van der Waals surface area contributed by atoms with Gasteiger partial charge in [0.05, 0.1) is 6.07 Å². The predicted octanol–water partition coefficient (Wildman–Crippen LogP) is 3.99. The SMILES string of the molecule is CC(C)C(CC#N)c1cccc(Cl)c1. The van der Waals surface area contributed by atoms with E-state index in [1.54, 1.807) is 0 Å². The molecule has 0 fully saturated rings. The summed E-state index contributed by atoms with van der Waals surface area (Å²) in [5.74, 6) is 0.756. The molecule has 0 radical (unpaired) electrons. The van der Waals surface area contributed by atoms with Gasteiger partial charge in [-0.1, -0.05) is 37.6 Å². The number of benzene rings is 1. The van der Waals surface area contributed by atoms with Gasteiger partial charge in [0.25, 0.3) is 0 Å². The lowest BCUT2D eigenvalue weighted by Gasteiger charge is -2.18. The van der Waals surface area contributed by atoms with Gasteiger partial charge in [0, 0.05) is 11.4 Å². The van der Waals surface area contributed by atoms with Crippen molar-refractivity contribution in [1.29, 1.82) is 5.26 Å². The Kier molecular flexibility index (Phi) is 3.98. The van der Waals surface area contributed by atoms with Crippen molar-refractivity contribution in [3.63, 3.8) is 0 Å². The number of nitrogens with zero attached hydrogens (tertiary/aromatic N) is 1. The molecule has 1 atom stereocenters. The van der Waals surface area contributed by atoms with E-state index < -0.39 is 0 Å². The second-order valence-corrected chi connectivity index (χ2v) is 4.20. The number of hydrogen-bond donors (Lipinski definition) is 0. The normalized spacial score (nSPS) is 12.5. The lowest BCUT2D eigenvalue weighted by molar-refractivity contribution is 0.506. The number of hydrogen-bond acceptors (Lipinski definition) is 1. The number of rotatable bonds is 3. The van der Waals surface area contributed by atoms with Gasteiger partial charge in [0.15, 0.2) is 0 Å². The van der Waals surface area contributed by atoms with E-state index in [1.807, 2.05) is 24.3 Å². The van der Waals surface area contributed by atoms with Crippen LogP contribution in [0.25, 0.3) is 0 Å². The Morgan fingerprint density at radius 1 is 1.43 bits per heavy atom. The molecule has 1 unspecified atom stereocenters. The van der Waals surface area contributed by atoms with Crippen molar-refractivity contribution in [1.82, 2.24) is 0 Å². The summed E-state index contributed by atoms with van der Waals surface area (Å²) in [5, 5.41) is 9.47. The fourth-order valence-electron chi connectivity index (χ4n) is 1.57. The second-order valence-electron chi connectivity index (χ2n) is 3.77. The summed E-state index contributed by atoms with van der Waals surface area (Å²) in [6.45, 7) is 4.26. The summed E-state index contributed by atoms with van der Waals surface area (Å²) in [6, 6.07) is 10.00. The van der Waals surface area contributed by atoms with Crippen LogP contribution < -0.4 is 0 Å². The van der Waals surface area contributed by atoms with Crippen LogP contribution in [-0.4, -0.2) is 0 Å². The van der Waals surface area contributed by atoms with Crippen molar-refractivity contribution in [2.24, 2.45) is 5.92 Å². The Morgan fingerprint density at radius 2 is 2.14 bits per heavy atom. The van der Waals surface area contributed by atoms with Gasteiger partial charge in [-0.25, -0.2) is 0 Å². The van der Waals surface area contributed by atoms with E-state index >= 15 is 0 Å². The molecule has 0 amide bonds. The van der Waals surface area contributed by atoms with Crippen LogP contribution in [0.3, 0.4) is 0 Å². The summed E-state index contributed by atoms with van der Waals surface area (Å²) in [5.41, 5.74) is 1.16. The molecular formula is C12H14ClN. The summed E-state index contributed by atoms with van der Waals surface area (Å²) in [7, 11) is 0. The van der Waals surface area contributed by atoms with Gasteiger partial charge < -0.3 is 0 Å². The van der Waals surface area contributed by atoms with E-state index in [2.05, 4.69) is 19.9 Å². The van der Waals surface area contributed by atoms with Crippen molar-refractivity contribution in [2.75, 3.05) is 0 Å². The van der Waals surface area contributed by atoms with Crippen LogP contribution in [0.1, 0.15) is 31.7 Å². The maximum absolute atomic E-state index is 8.73. The molecule has 1 aromatic rings. The van der Waals surface area contributed by atoms with Crippen LogP contribution in [0.15, 0.2) is 24.3 Å². The third-order valence-corrected chi connectivity index (χ3v) is 2.63. The highest BCUT2D eigenvalue weighted by atomic mass is 35.5. The number of nitriles is 1. The average Bonchev–Trinajstić information content (AvgIpc) is 2.13. The molecule has 1 rings (SSSR count). The molecule has 0 aromatic heterocycles. The minimum Gasteiger partial charge on any atom is -0.198 e. The van der Waals surface area contributed by atoms with Crippen LogP contribution in [0.2, 0.25) is 5.02 Å². The maximum atomic E-state index is 8.73. The van der Waals surface area contributed by atoms with Gasteiger partial charge in [0.1, 0.15) is 0 Å². The molecule has 0 aliphatic rings. The first-order chi connectivity index (χ1) is 6.65. The minimum atomic E-state index is 0.290. The van der Waals surface area contributed by atoms with Crippen LogP contribution >= 0.6 is 11.6 Å². The van der Waals surface area contributed by atoms with Crippen LogP contribution in [0.5, 0.6) is 0 Å². The predicted molar refractivity (Wildman–Crippen MR) is 59.3 cm³/mol. The van der Waals surface area contributed by atoms with Gasteiger partial charge >= 0.3 is 0 Å². The largest absolute Gasteiger partial charge is 0.198 e. The third kappa shape index (κ3) is 2.75. The number of halogens is 1. The standard InChI is InChI=1S/C12H14ClN/c1-9(2)12(6-7-14)10-4-3-5-11(13)8-10/h3-5,8-9,12H,6H2,1-2H3. The van der Waals surface area contributed by atoms with Gasteiger partial charge in [0.2, 0.25) is 0 Å². The Bertz CT molecular complexity index is 338. The van der Waals surface area contributed by atoms with Gasteiger partial charge in [-0.2, -0.15) is 5.26 Å². The Morgan fingerprint density at radius 3 is 2.64 bits per heavy atom. The summed E-state index contributed by atoms with van der Waals surface area (Å²) < 4.78 is 0. The Hall–Kier alpha value is -1.00. The average molecular weight is 208 g/mol. The molecule has 1 nitrogen and oxygen atoms in total. The molecule has 0 heterocycles. The van der Waals surface area contributed by atoms with Gasteiger partial charge in [-0.3, -0.25) is 0 Å². The van der Waals surface area contributed by atoms with Gasteiger partial charge in [-0.05, 0) is 29.5 Å². The van der Waals surface area contributed by atoms with E-state index in [-0.39, 0.29) is 0 Å². The Labute approximate surface area is 90.3 Å². The fourth-order valence-corrected chi connectivity index (χ4v) is 1.77. The second kappa shape index (κ2) is 5.02. The fraction of sp³-hybridized carbons (Fsp3) is 0.417. The van der Waals surface area contributed by atoms with E-state index in [4.69, 9.17) is 16.9 Å². The van der Waals surface area contributed by atoms with Crippen LogP contribution in [-0.2, 0) is 0 Å². The minimum absolute atomic E-state index is 0.290. The first-order valence-electron chi connectivity index (χ1n) is 4.77. The molecule has 0 saturated heterocycles. The lowest BCUT2D eigenvalue weighted by Crippen LogP contribution is -2.05. The zero-order valence-electron chi connectivity index (χ0n) is 8.50. The highest BCUT2D eigenvalue weighted by molar-refractivity contribution is 6.30. The Balaban J connectivity index is 2.94. The maximum Gasteiger partial charge on any atom is 0.0628 e. The van der Waals surface area contributed by atoms with Crippen molar-refractivity contribution in [2.45, 2.75) is 26.2 Å². The third-order valence-electron chi connectivity index (χ3n) is 2.39. The van der Waals surface area contributed by atoms with E-state index in [9.17, 15) is 0 Å².